The monoisotopic (exact) mass is 409 g/mol. The molecule has 156 valence electrons. The molecule has 1 aromatic carbocycles. The Balaban J connectivity index is 1.51. The topological polar surface area (TPSA) is 138 Å². The average Bonchev–Trinajstić information content (AvgIpc) is 3.17. The van der Waals surface area contributed by atoms with Crippen LogP contribution in [0.2, 0.25) is 0 Å². The van der Waals surface area contributed by atoms with E-state index in [9.17, 15) is 9.59 Å². The molecule has 1 aliphatic rings. The second kappa shape index (κ2) is 8.27. The van der Waals surface area contributed by atoms with Crippen molar-refractivity contribution in [2.24, 2.45) is 5.92 Å². The van der Waals surface area contributed by atoms with Crippen molar-refractivity contribution in [1.82, 2.24) is 19.9 Å². The van der Waals surface area contributed by atoms with E-state index in [-0.39, 0.29) is 11.8 Å². The maximum absolute atomic E-state index is 12.9. The molecule has 10 nitrogen and oxygen atoms in total. The zero-order valence-corrected chi connectivity index (χ0v) is 16.3. The predicted molar refractivity (Wildman–Crippen MR) is 113 cm³/mol. The quantitative estimate of drug-likeness (QED) is 0.473. The zero-order valence-electron chi connectivity index (χ0n) is 16.3. The van der Waals surface area contributed by atoms with Crippen LogP contribution in [0, 0.1) is 5.92 Å². The number of nitrogens with zero attached hydrogens (tertiary/aromatic N) is 4. The van der Waals surface area contributed by atoms with Crippen LogP contribution in [0.1, 0.15) is 23.2 Å². The van der Waals surface area contributed by atoms with E-state index >= 15 is 0 Å². The fourth-order valence-corrected chi connectivity index (χ4v) is 3.78. The lowest BCUT2D eigenvalue weighted by atomic mass is 9.96. The highest BCUT2D eigenvalue weighted by Gasteiger charge is 2.24. The number of aromatic nitrogens is 3. The number of fused-ring (bicyclic) bond motifs is 1. The van der Waals surface area contributed by atoms with Gasteiger partial charge in [0.2, 0.25) is 0 Å². The lowest BCUT2D eigenvalue weighted by Crippen LogP contribution is -2.39. The van der Waals surface area contributed by atoms with Crippen LogP contribution in [-0.2, 0) is 0 Å². The summed E-state index contributed by atoms with van der Waals surface area (Å²) in [5.41, 5.74) is 9.09. The molecule has 0 spiro atoms. The van der Waals surface area contributed by atoms with E-state index in [1.807, 2.05) is 6.07 Å². The zero-order chi connectivity index (χ0) is 21.1. The molecule has 0 atom stereocenters. The van der Waals surface area contributed by atoms with Crippen molar-refractivity contribution in [2.45, 2.75) is 12.8 Å². The molecule has 0 unspecified atom stereocenters. The van der Waals surface area contributed by atoms with E-state index in [4.69, 9.17) is 10.8 Å². The van der Waals surface area contributed by atoms with Crippen molar-refractivity contribution in [3.8, 4) is 0 Å². The number of nitrogens with one attached hydrogen (secondary N) is 2. The Kier molecular flexibility index (Phi) is 5.38. The second-order valence-corrected chi connectivity index (χ2v) is 7.26. The molecule has 5 N–H and O–H groups in total. The number of benzene rings is 1. The smallest absolute Gasteiger partial charge is 0.404 e. The van der Waals surface area contributed by atoms with Crippen molar-refractivity contribution in [3.05, 3.63) is 48.4 Å². The van der Waals surface area contributed by atoms with E-state index in [2.05, 4.69) is 25.6 Å². The molecular weight excluding hydrogens is 386 g/mol. The largest absolute Gasteiger partial charge is 0.465 e. The van der Waals surface area contributed by atoms with Gasteiger partial charge in [-0.1, -0.05) is 6.07 Å². The first-order chi connectivity index (χ1) is 14.5. The molecule has 0 bridgehead atoms. The van der Waals surface area contributed by atoms with Gasteiger partial charge in [-0.3, -0.25) is 4.79 Å². The number of piperidine rings is 1. The third-order valence-corrected chi connectivity index (χ3v) is 5.31. The highest BCUT2D eigenvalue weighted by molar-refractivity contribution is 6.10. The van der Waals surface area contributed by atoms with Crippen molar-refractivity contribution in [2.75, 3.05) is 35.6 Å². The number of carboxylic acid groups (broad SMARTS) is 1. The van der Waals surface area contributed by atoms with Crippen LogP contribution in [0.3, 0.4) is 0 Å². The summed E-state index contributed by atoms with van der Waals surface area (Å²) in [5, 5.41) is 18.3. The third-order valence-electron chi connectivity index (χ3n) is 5.31. The molecule has 4 rings (SSSR count). The summed E-state index contributed by atoms with van der Waals surface area (Å²) in [6.45, 7) is 1.89. The van der Waals surface area contributed by atoms with Gasteiger partial charge in [-0.25, -0.2) is 14.3 Å². The second-order valence-electron chi connectivity index (χ2n) is 7.26. The van der Waals surface area contributed by atoms with E-state index in [1.54, 1.807) is 35.1 Å². The van der Waals surface area contributed by atoms with Crippen molar-refractivity contribution >= 4 is 34.7 Å². The van der Waals surface area contributed by atoms with Crippen molar-refractivity contribution in [1.29, 1.82) is 0 Å². The predicted octanol–water partition coefficient (Wildman–Crippen LogP) is 2.05. The molecule has 0 radical (unpaired) electrons. The Morgan fingerprint density at radius 1 is 1.23 bits per heavy atom. The fourth-order valence-electron chi connectivity index (χ4n) is 3.78. The Hall–Kier alpha value is -3.82. The van der Waals surface area contributed by atoms with E-state index in [0.717, 1.165) is 31.6 Å². The van der Waals surface area contributed by atoms with Crippen LogP contribution >= 0.6 is 0 Å². The minimum Gasteiger partial charge on any atom is -0.465 e. The summed E-state index contributed by atoms with van der Waals surface area (Å²) < 4.78 is 1.55. The first kappa shape index (κ1) is 19.5. The number of amides is 2. The van der Waals surface area contributed by atoms with Gasteiger partial charge >= 0.3 is 6.09 Å². The van der Waals surface area contributed by atoms with Crippen LogP contribution < -0.4 is 21.3 Å². The standard InChI is InChI=1S/C20H23N7O3/c21-15-3-1-4-16(17(15)26-9-5-13(6-10-26)11-23-20(29)30)25-19(28)14-12-24-27-8-2-7-22-18(14)27/h1-4,7-8,12-13,23H,5-6,9-11,21H2,(H,25,28)(H,29,30). The van der Waals surface area contributed by atoms with E-state index in [1.165, 1.54) is 6.20 Å². The number of hydrogen-bond donors (Lipinski definition) is 4. The summed E-state index contributed by atoms with van der Waals surface area (Å²) >= 11 is 0. The summed E-state index contributed by atoms with van der Waals surface area (Å²) in [6, 6.07) is 7.17. The van der Waals surface area contributed by atoms with Crippen LogP contribution in [0.5, 0.6) is 0 Å². The number of hydrogen-bond acceptors (Lipinski definition) is 6. The molecule has 0 saturated carbocycles. The van der Waals surface area contributed by atoms with E-state index in [0.29, 0.717) is 29.1 Å². The molecule has 2 amide bonds. The summed E-state index contributed by atoms with van der Waals surface area (Å²) in [5.74, 6) is -0.0266. The number of carbonyl (C=O) groups is 2. The molecule has 2 aromatic heterocycles. The normalized spacial score (nSPS) is 14.6. The molecule has 1 saturated heterocycles. The molecule has 30 heavy (non-hydrogen) atoms. The molecular formula is C20H23N7O3. The number of carbonyl (C=O) groups excluding carboxylic acids is 1. The van der Waals surface area contributed by atoms with Crippen molar-refractivity contribution < 1.29 is 14.7 Å². The highest BCUT2D eigenvalue weighted by atomic mass is 16.4. The summed E-state index contributed by atoms with van der Waals surface area (Å²) in [6.07, 6.45) is 5.50. The highest BCUT2D eigenvalue weighted by Crippen LogP contribution is 2.35. The van der Waals surface area contributed by atoms with Gasteiger partial charge < -0.3 is 26.4 Å². The lowest BCUT2D eigenvalue weighted by molar-refractivity contribution is 0.102. The van der Waals surface area contributed by atoms with Gasteiger partial charge in [0.05, 0.1) is 23.3 Å². The number of nitrogens with two attached hydrogens (primary N) is 1. The first-order valence-electron chi connectivity index (χ1n) is 9.73. The van der Waals surface area contributed by atoms with E-state index < -0.39 is 6.09 Å². The number of rotatable bonds is 5. The molecule has 1 aliphatic heterocycles. The van der Waals surface area contributed by atoms with Crippen molar-refractivity contribution in [3.63, 3.8) is 0 Å². The number of nitrogen functional groups attached to an aromatic ring is 1. The number of anilines is 3. The Morgan fingerprint density at radius 2 is 2.03 bits per heavy atom. The third kappa shape index (κ3) is 3.97. The van der Waals surface area contributed by atoms with Gasteiger partial charge in [-0.2, -0.15) is 5.10 Å². The van der Waals surface area contributed by atoms with Crippen LogP contribution in [0.15, 0.2) is 42.9 Å². The van der Waals surface area contributed by atoms with Crippen LogP contribution in [0.4, 0.5) is 21.9 Å². The maximum atomic E-state index is 12.9. The first-order valence-corrected chi connectivity index (χ1v) is 9.73. The Morgan fingerprint density at radius 3 is 2.80 bits per heavy atom. The van der Waals surface area contributed by atoms with Gasteiger partial charge in [0.25, 0.3) is 5.91 Å². The Bertz CT molecular complexity index is 1070. The van der Waals surface area contributed by atoms with Gasteiger partial charge in [-0.05, 0) is 37.0 Å². The lowest BCUT2D eigenvalue weighted by Gasteiger charge is -2.35. The van der Waals surface area contributed by atoms with Crippen LogP contribution in [-0.4, -0.2) is 51.3 Å². The fraction of sp³-hybridized carbons (Fsp3) is 0.300. The molecule has 10 heteroatoms. The summed E-state index contributed by atoms with van der Waals surface area (Å²) in [4.78, 5) is 30.0. The van der Waals surface area contributed by atoms with Crippen LogP contribution in [0.25, 0.3) is 5.65 Å². The SMILES string of the molecule is Nc1cccc(NC(=O)c2cnn3cccnc23)c1N1CCC(CNC(=O)O)CC1. The van der Waals surface area contributed by atoms with Gasteiger partial charge in [0.15, 0.2) is 5.65 Å². The summed E-state index contributed by atoms with van der Waals surface area (Å²) in [7, 11) is 0. The average molecular weight is 409 g/mol. The molecule has 3 heterocycles. The minimum absolute atomic E-state index is 0.283. The Labute approximate surface area is 172 Å². The maximum Gasteiger partial charge on any atom is 0.404 e. The number of para-hydroxylation sites is 1. The molecule has 3 aromatic rings. The molecule has 0 aliphatic carbocycles. The molecule has 1 fully saturated rings. The van der Waals surface area contributed by atoms with Gasteiger partial charge in [0, 0.05) is 32.0 Å². The van der Waals surface area contributed by atoms with Gasteiger partial charge in [-0.15, -0.1) is 0 Å². The minimum atomic E-state index is -1.00. The van der Waals surface area contributed by atoms with Gasteiger partial charge in [0.1, 0.15) is 5.56 Å².